The van der Waals surface area contributed by atoms with Crippen LogP contribution in [-0.2, 0) is 10.8 Å². The Hall–Kier alpha value is -7.74. The molecule has 1 unspecified atom stereocenters. The van der Waals surface area contributed by atoms with Gasteiger partial charge in [-0.15, -0.1) is 0 Å². The fourth-order valence-corrected chi connectivity index (χ4v) is 11.5. The van der Waals surface area contributed by atoms with Crippen LogP contribution in [0, 0.1) is 0 Å². The molecule has 2 aliphatic carbocycles. The van der Waals surface area contributed by atoms with Crippen molar-refractivity contribution in [2.75, 3.05) is 0 Å². The third-order valence-electron chi connectivity index (χ3n) is 13.8. The van der Waals surface area contributed by atoms with E-state index < -0.39 is 10.8 Å². The summed E-state index contributed by atoms with van der Waals surface area (Å²) in [6.45, 7) is 0. The van der Waals surface area contributed by atoms with Gasteiger partial charge in [-0.05, 0) is 113 Å². The highest BCUT2D eigenvalue weighted by molar-refractivity contribution is 6.08. The Morgan fingerprint density at radius 1 is 0.279 bits per heavy atom. The van der Waals surface area contributed by atoms with E-state index in [0.29, 0.717) is 0 Å². The molecule has 0 amide bonds. The zero-order chi connectivity index (χ0) is 40.1. The summed E-state index contributed by atoms with van der Waals surface area (Å²) in [6, 6.07) is 85.2. The third-order valence-corrected chi connectivity index (χ3v) is 13.8. The largest absolute Gasteiger partial charge is 0.457 e. The molecule has 0 saturated heterocycles. The topological polar surface area (TPSA) is 9.23 Å². The monoisotopic (exact) mass is 774 g/mol. The first kappa shape index (κ1) is 34.2. The predicted molar refractivity (Wildman–Crippen MR) is 250 cm³/mol. The summed E-state index contributed by atoms with van der Waals surface area (Å²) < 4.78 is 6.77. The van der Waals surface area contributed by atoms with Crippen molar-refractivity contribution in [3.8, 4) is 56.0 Å². The summed E-state index contributed by atoms with van der Waals surface area (Å²) in [7, 11) is 0. The van der Waals surface area contributed by atoms with Gasteiger partial charge in [0.05, 0.1) is 10.8 Å². The lowest BCUT2D eigenvalue weighted by Gasteiger charge is -2.41. The minimum atomic E-state index is -0.587. The normalized spacial score (nSPS) is 15.9. The van der Waals surface area contributed by atoms with Crippen LogP contribution in [0.2, 0.25) is 0 Å². The molecule has 0 bridgehead atoms. The van der Waals surface area contributed by atoms with Crippen molar-refractivity contribution >= 4 is 10.8 Å². The molecule has 1 spiro atoms. The van der Waals surface area contributed by atoms with Gasteiger partial charge in [-0.25, -0.2) is 0 Å². The summed E-state index contributed by atoms with van der Waals surface area (Å²) in [6.07, 6.45) is 0. The van der Waals surface area contributed by atoms with Crippen LogP contribution in [0.1, 0.15) is 44.5 Å². The molecule has 0 fully saturated rings. The molecule has 0 saturated carbocycles. The smallest absolute Gasteiger partial charge is 0.132 e. The fraction of sp³-hybridized carbons (Fsp3) is 0.0333. The average Bonchev–Trinajstić information content (AvgIpc) is 3.63. The van der Waals surface area contributed by atoms with Gasteiger partial charge in [-0.3, -0.25) is 0 Å². The molecule has 10 aromatic rings. The number of fused-ring (bicyclic) bond motifs is 11. The van der Waals surface area contributed by atoms with Crippen LogP contribution in [-0.4, -0.2) is 0 Å². The molecule has 10 aromatic carbocycles. The summed E-state index contributed by atoms with van der Waals surface area (Å²) in [5.74, 6) is 1.76. The first-order chi connectivity index (χ1) is 30.3. The molecule has 0 radical (unpaired) electrons. The highest BCUT2D eigenvalue weighted by atomic mass is 16.5. The summed E-state index contributed by atoms with van der Waals surface area (Å²) >= 11 is 0. The van der Waals surface area contributed by atoms with Crippen molar-refractivity contribution < 1.29 is 4.74 Å². The Bertz CT molecular complexity index is 3350. The van der Waals surface area contributed by atoms with Crippen LogP contribution in [0.4, 0.5) is 0 Å². The minimum absolute atomic E-state index is 0.461. The van der Waals surface area contributed by atoms with Crippen molar-refractivity contribution in [2.24, 2.45) is 0 Å². The summed E-state index contributed by atoms with van der Waals surface area (Å²) in [5, 5.41) is 2.63. The molecule has 1 nitrogen and oxygen atoms in total. The quantitative estimate of drug-likeness (QED) is 0.173. The van der Waals surface area contributed by atoms with Crippen LogP contribution < -0.4 is 4.74 Å². The second-order valence-electron chi connectivity index (χ2n) is 16.7. The van der Waals surface area contributed by atoms with E-state index in [1.54, 1.807) is 0 Å². The van der Waals surface area contributed by atoms with E-state index in [-0.39, 0.29) is 0 Å². The van der Waals surface area contributed by atoms with E-state index in [2.05, 4.69) is 231 Å². The van der Waals surface area contributed by atoms with Gasteiger partial charge in [0.2, 0.25) is 0 Å². The van der Waals surface area contributed by atoms with E-state index in [0.717, 1.165) is 33.8 Å². The van der Waals surface area contributed by atoms with Gasteiger partial charge in [0.25, 0.3) is 0 Å². The van der Waals surface area contributed by atoms with Gasteiger partial charge < -0.3 is 4.74 Å². The molecule has 284 valence electrons. The number of rotatable bonds is 4. The summed E-state index contributed by atoms with van der Waals surface area (Å²) in [4.78, 5) is 0. The first-order valence-electron chi connectivity index (χ1n) is 21.3. The minimum Gasteiger partial charge on any atom is -0.457 e. The van der Waals surface area contributed by atoms with Gasteiger partial charge in [0.1, 0.15) is 11.5 Å². The maximum atomic E-state index is 6.77. The SMILES string of the molecule is c1ccc(C2(c3ccccc3)c3ccccc3Oc3ccc(-c4cccc(-c5cccc6c5-c5ccccc5C65c6ccccc6-c6cccc7cccc5c67)c4)cc32)cc1. The number of benzene rings is 10. The van der Waals surface area contributed by atoms with E-state index in [4.69, 9.17) is 4.74 Å². The Kier molecular flexibility index (Phi) is 7.21. The first-order valence-corrected chi connectivity index (χ1v) is 21.3. The number of hydrogen-bond acceptors (Lipinski definition) is 1. The number of ether oxygens (including phenoxy) is 1. The molecule has 0 aromatic heterocycles. The molecule has 13 rings (SSSR count). The molecular formula is C60H38O. The van der Waals surface area contributed by atoms with Gasteiger partial charge in [-0.2, -0.15) is 0 Å². The zero-order valence-corrected chi connectivity index (χ0v) is 33.3. The van der Waals surface area contributed by atoms with E-state index >= 15 is 0 Å². The van der Waals surface area contributed by atoms with E-state index in [1.807, 2.05) is 0 Å². The van der Waals surface area contributed by atoms with Gasteiger partial charge in [0.15, 0.2) is 0 Å². The average molecular weight is 775 g/mol. The predicted octanol–water partition coefficient (Wildman–Crippen LogP) is 15.0. The molecule has 0 N–H and O–H groups in total. The number of para-hydroxylation sites is 1. The van der Waals surface area contributed by atoms with Crippen LogP contribution >= 0.6 is 0 Å². The molecule has 3 aliphatic rings. The Morgan fingerprint density at radius 3 is 1.59 bits per heavy atom. The van der Waals surface area contributed by atoms with Gasteiger partial charge >= 0.3 is 0 Å². The van der Waals surface area contributed by atoms with Crippen molar-refractivity contribution in [3.05, 3.63) is 275 Å². The maximum Gasteiger partial charge on any atom is 0.132 e. The lowest BCUT2D eigenvalue weighted by Crippen LogP contribution is -2.34. The molecular weight excluding hydrogens is 737 g/mol. The van der Waals surface area contributed by atoms with Crippen molar-refractivity contribution in [1.29, 1.82) is 0 Å². The lowest BCUT2D eigenvalue weighted by molar-refractivity contribution is 0.434. The zero-order valence-electron chi connectivity index (χ0n) is 33.3. The Balaban J connectivity index is 1.03. The Morgan fingerprint density at radius 2 is 0.803 bits per heavy atom. The van der Waals surface area contributed by atoms with Crippen molar-refractivity contribution in [3.63, 3.8) is 0 Å². The second-order valence-corrected chi connectivity index (χ2v) is 16.7. The van der Waals surface area contributed by atoms with Gasteiger partial charge in [0, 0.05) is 11.1 Å². The highest BCUT2D eigenvalue weighted by Gasteiger charge is 2.51. The van der Waals surface area contributed by atoms with Crippen LogP contribution in [0.5, 0.6) is 11.5 Å². The van der Waals surface area contributed by atoms with Gasteiger partial charge in [-0.1, -0.05) is 206 Å². The van der Waals surface area contributed by atoms with Crippen LogP contribution in [0.25, 0.3) is 55.3 Å². The molecule has 1 aliphatic heterocycles. The molecule has 61 heavy (non-hydrogen) atoms. The van der Waals surface area contributed by atoms with Crippen molar-refractivity contribution in [2.45, 2.75) is 10.8 Å². The van der Waals surface area contributed by atoms with E-state index in [9.17, 15) is 0 Å². The third kappa shape index (κ3) is 4.55. The lowest BCUT2D eigenvalue weighted by atomic mass is 9.61. The molecule has 1 atom stereocenters. The van der Waals surface area contributed by atoms with Crippen LogP contribution in [0.15, 0.2) is 231 Å². The van der Waals surface area contributed by atoms with E-state index in [1.165, 1.54) is 77.5 Å². The fourth-order valence-electron chi connectivity index (χ4n) is 11.5. The standard InChI is InChI=1S/C60H38O/c1-3-21-43(22-4-1)59(44-23-5-2-6-24-44)51-31-11-12-34-55(51)61-56-36-35-41(38-54(56)59)40-19-13-20-42(37-40)45-27-16-33-53-58(45)48-26-8-10-30-50(48)60(53)49-29-9-7-25-46(49)47-28-14-17-39-18-15-32-52(60)57(39)47/h1-38H. The number of hydrogen-bond donors (Lipinski definition) is 0. The van der Waals surface area contributed by atoms with Crippen molar-refractivity contribution in [1.82, 2.24) is 0 Å². The summed E-state index contributed by atoms with van der Waals surface area (Å²) in [5.41, 5.74) is 19.0. The Labute approximate surface area is 355 Å². The molecule has 1 heteroatoms. The maximum absolute atomic E-state index is 6.77. The highest BCUT2D eigenvalue weighted by Crippen LogP contribution is 2.63. The van der Waals surface area contributed by atoms with Crippen LogP contribution in [0.3, 0.4) is 0 Å². The molecule has 1 heterocycles. The second kappa shape index (κ2) is 12.9.